The summed E-state index contributed by atoms with van der Waals surface area (Å²) >= 11 is 6.23. The van der Waals surface area contributed by atoms with E-state index < -0.39 is 9.84 Å². The Balaban J connectivity index is 1.72. The van der Waals surface area contributed by atoms with Gasteiger partial charge in [-0.3, -0.25) is 9.78 Å². The molecule has 1 aliphatic rings. The summed E-state index contributed by atoms with van der Waals surface area (Å²) in [6.07, 6.45) is 8.28. The molecule has 1 unspecified atom stereocenters. The van der Waals surface area contributed by atoms with Gasteiger partial charge >= 0.3 is 0 Å². The van der Waals surface area contributed by atoms with Gasteiger partial charge in [0.15, 0.2) is 5.15 Å². The van der Waals surface area contributed by atoms with Crippen LogP contribution in [0.1, 0.15) is 19.3 Å². The van der Waals surface area contributed by atoms with Crippen molar-refractivity contribution in [1.82, 2.24) is 14.8 Å². The molecule has 140 valence electrons. The minimum atomic E-state index is -3.03. The van der Waals surface area contributed by atoms with Crippen LogP contribution in [0.15, 0.2) is 30.7 Å². The van der Waals surface area contributed by atoms with Crippen LogP contribution in [-0.4, -0.2) is 48.1 Å². The largest absolute Gasteiger partial charge is 0.311 e. The van der Waals surface area contributed by atoms with Crippen molar-refractivity contribution in [2.45, 2.75) is 19.3 Å². The molecule has 26 heavy (non-hydrogen) atoms. The van der Waals surface area contributed by atoms with Crippen LogP contribution in [-0.2, 0) is 14.6 Å². The number of carbonyl (C=O) groups excluding carboxylic acids is 1. The van der Waals surface area contributed by atoms with Gasteiger partial charge in [0, 0.05) is 25.4 Å². The van der Waals surface area contributed by atoms with E-state index in [1.807, 2.05) is 6.07 Å². The van der Waals surface area contributed by atoms with Gasteiger partial charge in [-0.05, 0) is 37.3 Å². The summed E-state index contributed by atoms with van der Waals surface area (Å²) < 4.78 is 24.5. The van der Waals surface area contributed by atoms with Crippen LogP contribution in [0.2, 0.25) is 5.15 Å². The van der Waals surface area contributed by atoms with Gasteiger partial charge in [0.2, 0.25) is 5.91 Å². The molecule has 0 spiro atoms. The number of amides is 1. The molecule has 2 aromatic rings. The molecular formula is C17H21ClN4O3S. The highest BCUT2D eigenvalue weighted by molar-refractivity contribution is 7.90. The van der Waals surface area contributed by atoms with Gasteiger partial charge in [-0.1, -0.05) is 11.6 Å². The first-order valence-electron chi connectivity index (χ1n) is 8.35. The Morgan fingerprint density at radius 1 is 1.42 bits per heavy atom. The molecule has 1 aliphatic carbocycles. The lowest BCUT2D eigenvalue weighted by atomic mass is 10.0. The highest BCUT2D eigenvalue weighted by atomic mass is 35.5. The van der Waals surface area contributed by atoms with Gasteiger partial charge in [0.05, 0.1) is 23.8 Å². The van der Waals surface area contributed by atoms with E-state index in [0.29, 0.717) is 18.5 Å². The lowest BCUT2D eigenvalue weighted by Crippen LogP contribution is -2.32. The lowest BCUT2D eigenvalue weighted by molar-refractivity contribution is -0.122. The number of rotatable bonds is 5. The van der Waals surface area contributed by atoms with Crippen LogP contribution >= 0.6 is 11.6 Å². The van der Waals surface area contributed by atoms with Gasteiger partial charge in [0.25, 0.3) is 0 Å². The number of aromatic nitrogens is 3. The molecule has 1 amide bonds. The average molecular weight is 397 g/mol. The zero-order valence-electron chi connectivity index (χ0n) is 14.7. The number of anilines is 1. The van der Waals surface area contributed by atoms with E-state index in [0.717, 1.165) is 12.1 Å². The second kappa shape index (κ2) is 7.36. The predicted molar refractivity (Wildman–Crippen MR) is 100 cm³/mol. The van der Waals surface area contributed by atoms with Crippen molar-refractivity contribution in [3.63, 3.8) is 0 Å². The fraction of sp³-hybridized carbons (Fsp3) is 0.471. The number of carbonyl (C=O) groups is 1. The molecule has 0 aliphatic heterocycles. The third-order valence-corrected chi connectivity index (χ3v) is 6.03. The zero-order valence-corrected chi connectivity index (χ0v) is 16.2. The summed E-state index contributed by atoms with van der Waals surface area (Å²) in [6.45, 7) is 0. The van der Waals surface area contributed by atoms with Crippen LogP contribution in [0.5, 0.6) is 0 Å². The Bertz CT molecular complexity index is 898. The molecule has 1 saturated carbocycles. The van der Waals surface area contributed by atoms with Crippen LogP contribution in [0.4, 0.5) is 5.69 Å². The lowest BCUT2D eigenvalue weighted by Gasteiger charge is -2.20. The van der Waals surface area contributed by atoms with Crippen molar-refractivity contribution in [2.75, 3.05) is 24.0 Å². The molecule has 7 nitrogen and oxygen atoms in total. The minimum Gasteiger partial charge on any atom is -0.311 e. The molecule has 2 atom stereocenters. The molecule has 2 heterocycles. The molecule has 1 fully saturated rings. The molecule has 0 saturated heterocycles. The highest BCUT2D eigenvalue weighted by Crippen LogP contribution is 2.35. The number of nitrogens with zero attached hydrogens (tertiary/aromatic N) is 4. The first-order valence-corrected chi connectivity index (χ1v) is 10.8. The Kier molecular flexibility index (Phi) is 5.34. The van der Waals surface area contributed by atoms with Gasteiger partial charge in [-0.15, -0.1) is 0 Å². The van der Waals surface area contributed by atoms with E-state index in [2.05, 4.69) is 10.1 Å². The first kappa shape index (κ1) is 18.8. The number of pyridine rings is 1. The molecule has 0 N–H and O–H groups in total. The van der Waals surface area contributed by atoms with Crippen molar-refractivity contribution in [2.24, 2.45) is 11.8 Å². The Labute approximate surface area is 157 Å². The maximum absolute atomic E-state index is 12.8. The third kappa shape index (κ3) is 4.24. The van der Waals surface area contributed by atoms with Crippen LogP contribution in [0, 0.1) is 11.8 Å². The van der Waals surface area contributed by atoms with E-state index >= 15 is 0 Å². The number of sulfone groups is 1. The third-order valence-electron chi connectivity index (χ3n) is 4.68. The zero-order chi connectivity index (χ0) is 18.9. The summed E-state index contributed by atoms with van der Waals surface area (Å²) in [7, 11) is -1.36. The average Bonchev–Trinajstić information content (AvgIpc) is 3.19. The maximum Gasteiger partial charge on any atom is 0.229 e. The summed E-state index contributed by atoms with van der Waals surface area (Å²) in [5, 5.41) is 4.48. The summed E-state index contributed by atoms with van der Waals surface area (Å²) in [6, 6.07) is 3.63. The monoisotopic (exact) mass is 396 g/mol. The summed E-state index contributed by atoms with van der Waals surface area (Å²) in [5.41, 5.74) is 1.27. The second-order valence-corrected chi connectivity index (χ2v) is 9.37. The Hall–Kier alpha value is -1.93. The topological polar surface area (TPSA) is 85.2 Å². The van der Waals surface area contributed by atoms with Crippen molar-refractivity contribution in [1.29, 1.82) is 0 Å². The molecule has 0 bridgehead atoms. The van der Waals surface area contributed by atoms with Crippen LogP contribution < -0.4 is 4.90 Å². The van der Waals surface area contributed by atoms with E-state index in [1.54, 1.807) is 36.4 Å². The van der Waals surface area contributed by atoms with Crippen molar-refractivity contribution >= 4 is 33.0 Å². The van der Waals surface area contributed by atoms with E-state index in [1.165, 1.54) is 11.2 Å². The van der Waals surface area contributed by atoms with E-state index in [4.69, 9.17) is 11.6 Å². The van der Waals surface area contributed by atoms with Crippen molar-refractivity contribution in [3.05, 3.63) is 35.9 Å². The fourth-order valence-corrected chi connectivity index (χ4v) is 4.88. The normalized spacial score (nSPS) is 20.3. The first-order chi connectivity index (χ1) is 12.2. The molecule has 3 rings (SSSR count). The van der Waals surface area contributed by atoms with Gasteiger partial charge in [-0.25, -0.2) is 13.1 Å². The predicted octanol–water partition coefficient (Wildman–Crippen LogP) is 2.34. The SMILES string of the molecule is CN(C(=O)C1CC[C@@H](CS(C)(=O)=O)C1)c1cn(-c2cccnc2)nc1Cl. The molecule has 0 aromatic carbocycles. The van der Waals surface area contributed by atoms with Crippen LogP contribution in [0.25, 0.3) is 5.69 Å². The molecule has 0 radical (unpaired) electrons. The molecule has 2 aromatic heterocycles. The van der Waals surface area contributed by atoms with Gasteiger partial charge in [-0.2, -0.15) is 5.10 Å². The summed E-state index contributed by atoms with van der Waals surface area (Å²) in [4.78, 5) is 18.4. The summed E-state index contributed by atoms with van der Waals surface area (Å²) in [5.74, 6) is -0.0701. The molecular weight excluding hydrogens is 376 g/mol. The Morgan fingerprint density at radius 2 is 2.19 bits per heavy atom. The maximum atomic E-state index is 12.8. The number of halogens is 1. The van der Waals surface area contributed by atoms with Crippen LogP contribution in [0.3, 0.4) is 0 Å². The van der Waals surface area contributed by atoms with Crippen molar-refractivity contribution < 1.29 is 13.2 Å². The standard InChI is InChI=1S/C17H21ClN4O3S/c1-21(17(23)13-6-5-12(8-13)11-26(2,24)25)15-10-22(20-16(15)18)14-4-3-7-19-9-14/h3-4,7,9-10,12-13H,5-6,8,11H2,1-2H3/t12-,13?/m1/s1. The fourth-order valence-electron chi connectivity index (χ4n) is 3.46. The van der Waals surface area contributed by atoms with Crippen molar-refractivity contribution in [3.8, 4) is 5.69 Å². The van der Waals surface area contributed by atoms with E-state index in [9.17, 15) is 13.2 Å². The highest BCUT2D eigenvalue weighted by Gasteiger charge is 2.34. The van der Waals surface area contributed by atoms with Gasteiger partial charge in [0.1, 0.15) is 15.5 Å². The quantitative estimate of drug-likeness (QED) is 0.774. The minimum absolute atomic E-state index is 0.0425. The van der Waals surface area contributed by atoms with E-state index in [-0.39, 0.29) is 28.6 Å². The molecule has 9 heteroatoms. The number of hydrogen-bond acceptors (Lipinski definition) is 5. The smallest absolute Gasteiger partial charge is 0.229 e. The Morgan fingerprint density at radius 3 is 2.85 bits per heavy atom. The number of hydrogen-bond donors (Lipinski definition) is 0. The van der Waals surface area contributed by atoms with Gasteiger partial charge < -0.3 is 4.90 Å². The second-order valence-electron chi connectivity index (χ2n) is 6.83.